The van der Waals surface area contributed by atoms with Gasteiger partial charge in [0.25, 0.3) is 5.91 Å². The minimum absolute atomic E-state index is 0.0600. The number of nitrogens with one attached hydrogen (secondary N) is 1. The molecular formula is C26H30N4O2S. The van der Waals surface area contributed by atoms with Crippen molar-refractivity contribution < 1.29 is 9.59 Å². The lowest BCUT2D eigenvalue weighted by atomic mass is 10.0. The molecule has 2 aromatic carbocycles. The van der Waals surface area contributed by atoms with E-state index in [1.165, 1.54) is 17.3 Å². The Bertz CT molecular complexity index is 1150. The van der Waals surface area contributed by atoms with E-state index in [2.05, 4.69) is 36.3 Å². The quantitative estimate of drug-likeness (QED) is 0.613. The van der Waals surface area contributed by atoms with E-state index in [1.54, 1.807) is 0 Å². The highest BCUT2D eigenvalue weighted by Gasteiger charge is 2.42. The molecule has 2 amide bonds. The molecule has 2 unspecified atom stereocenters. The monoisotopic (exact) mass is 462 g/mol. The van der Waals surface area contributed by atoms with E-state index in [4.69, 9.17) is 4.99 Å². The van der Waals surface area contributed by atoms with Crippen molar-refractivity contribution in [2.45, 2.75) is 65.2 Å². The third-order valence-electron chi connectivity index (χ3n) is 6.01. The summed E-state index contributed by atoms with van der Waals surface area (Å²) in [7, 11) is 0. The minimum atomic E-state index is -0.369. The number of fused-ring (bicyclic) bond motifs is 3. The van der Waals surface area contributed by atoms with Crippen molar-refractivity contribution in [1.82, 2.24) is 4.90 Å². The van der Waals surface area contributed by atoms with Crippen molar-refractivity contribution in [3.05, 3.63) is 58.7 Å². The first-order valence-electron chi connectivity index (χ1n) is 11.5. The van der Waals surface area contributed by atoms with Crippen LogP contribution in [0.3, 0.4) is 0 Å². The lowest BCUT2D eigenvalue weighted by molar-refractivity contribution is -0.119. The summed E-state index contributed by atoms with van der Waals surface area (Å²) in [6.45, 7) is 10.1. The van der Waals surface area contributed by atoms with E-state index in [-0.39, 0.29) is 23.1 Å². The lowest BCUT2D eigenvalue weighted by Gasteiger charge is -2.32. The van der Waals surface area contributed by atoms with Crippen LogP contribution in [0.4, 0.5) is 11.4 Å². The van der Waals surface area contributed by atoms with Crippen LogP contribution in [0.15, 0.2) is 46.4 Å². The Morgan fingerprint density at radius 3 is 2.48 bits per heavy atom. The average molecular weight is 463 g/mol. The summed E-state index contributed by atoms with van der Waals surface area (Å²) in [6.07, 6.45) is 2.19. The van der Waals surface area contributed by atoms with Crippen LogP contribution in [0.25, 0.3) is 0 Å². The van der Waals surface area contributed by atoms with Crippen molar-refractivity contribution in [3.63, 3.8) is 0 Å². The Morgan fingerprint density at radius 2 is 1.82 bits per heavy atom. The summed E-state index contributed by atoms with van der Waals surface area (Å²) in [5.41, 5.74) is 5.77. The number of thioether (sulfide) groups is 1. The molecule has 0 aliphatic carbocycles. The normalized spacial score (nSPS) is 17.8. The van der Waals surface area contributed by atoms with E-state index in [0.29, 0.717) is 23.8 Å². The van der Waals surface area contributed by atoms with Crippen LogP contribution in [0.5, 0.6) is 0 Å². The standard InChI is InChI=1S/C26H30N4O2S/c1-6-10-20-24(31)29-23-18-11-8-9-12-19(18)27-26(30(20)23)33-21(7-2)25(32)28-22-16(4)13-15(3)14-17(22)5/h8-9,11-14,20-21H,6-7,10H2,1-5H3,(H,28,32). The predicted octanol–water partition coefficient (Wildman–Crippen LogP) is 5.52. The number of para-hydroxylation sites is 1. The van der Waals surface area contributed by atoms with Crippen LogP contribution in [0, 0.1) is 20.8 Å². The molecule has 0 saturated carbocycles. The topological polar surface area (TPSA) is 74.1 Å². The highest BCUT2D eigenvalue weighted by molar-refractivity contribution is 8.15. The molecule has 0 saturated heterocycles. The number of aryl methyl sites for hydroxylation is 3. The van der Waals surface area contributed by atoms with Gasteiger partial charge in [-0.1, -0.05) is 61.9 Å². The number of carbonyl (C=O) groups is 2. The number of anilines is 1. The van der Waals surface area contributed by atoms with Crippen molar-refractivity contribution in [2.24, 2.45) is 9.98 Å². The molecule has 2 aliphatic heterocycles. The number of rotatable bonds is 6. The number of amides is 2. The molecule has 4 rings (SSSR count). The van der Waals surface area contributed by atoms with Crippen molar-refractivity contribution in [3.8, 4) is 0 Å². The zero-order valence-corrected chi connectivity index (χ0v) is 20.6. The molecule has 1 N–H and O–H groups in total. The first-order valence-corrected chi connectivity index (χ1v) is 12.4. The molecule has 6 nitrogen and oxygen atoms in total. The van der Waals surface area contributed by atoms with Crippen LogP contribution >= 0.6 is 11.8 Å². The fraction of sp³-hybridized carbons (Fsp3) is 0.385. The van der Waals surface area contributed by atoms with Gasteiger partial charge in [0.05, 0.1) is 10.9 Å². The second-order valence-corrected chi connectivity index (χ2v) is 9.81. The molecule has 2 atom stereocenters. The summed E-state index contributed by atoms with van der Waals surface area (Å²) in [4.78, 5) is 37.3. The number of amidine groups is 2. The maximum atomic E-state index is 13.3. The summed E-state index contributed by atoms with van der Waals surface area (Å²) in [6, 6.07) is 11.5. The highest BCUT2D eigenvalue weighted by atomic mass is 32.2. The van der Waals surface area contributed by atoms with Crippen LogP contribution in [-0.2, 0) is 9.59 Å². The molecule has 2 heterocycles. The molecule has 2 aliphatic rings. The molecule has 0 spiro atoms. The first kappa shape index (κ1) is 23.2. The van der Waals surface area contributed by atoms with E-state index in [1.807, 2.05) is 49.9 Å². The smallest absolute Gasteiger partial charge is 0.270 e. The van der Waals surface area contributed by atoms with Crippen molar-refractivity contribution >= 4 is 46.0 Å². The van der Waals surface area contributed by atoms with Gasteiger partial charge >= 0.3 is 0 Å². The SMILES string of the molecule is CCCC1C(=O)N=C2c3ccccc3N=C(SC(CC)C(=O)Nc3c(C)cc(C)cc3C)N21. The van der Waals surface area contributed by atoms with Gasteiger partial charge in [-0.3, -0.25) is 14.5 Å². The summed E-state index contributed by atoms with van der Waals surface area (Å²) < 4.78 is 0. The summed E-state index contributed by atoms with van der Waals surface area (Å²) >= 11 is 1.41. The van der Waals surface area contributed by atoms with Crippen LogP contribution in [0.1, 0.15) is 55.4 Å². The fourth-order valence-electron chi connectivity index (χ4n) is 4.46. The Hall–Kier alpha value is -2.93. The maximum Gasteiger partial charge on any atom is 0.270 e. The third kappa shape index (κ3) is 4.47. The molecule has 0 fully saturated rings. The second kappa shape index (κ2) is 9.51. The van der Waals surface area contributed by atoms with Gasteiger partial charge in [0.15, 0.2) is 5.17 Å². The van der Waals surface area contributed by atoms with Gasteiger partial charge in [0.1, 0.15) is 11.9 Å². The zero-order chi connectivity index (χ0) is 23.7. The number of hydrogen-bond acceptors (Lipinski definition) is 5. The van der Waals surface area contributed by atoms with Gasteiger partial charge in [0, 0.05) is 11.3 Å². The molecule has 0 bridgehead atoms. The lowest BCUT2D eigenvalue weighted by Crippen LogP contribution is -2.44. The zero-order valence-electron chi connectivity index (χ0n) is 19.8. The number of hydrogen-bond donors (Lipinski definition) is 1. The van der Waals surface area contributed by atoms with Gasteiger partial charge in [-0.2, -0.15) is 4.99 Å². The van der Waals surface area contributed by atoms with Crippen LogP contribution < -0.4 is 5.32 Å². The average Bonchev–Trinajstić information content (AvgIpc) is 3.11. The Morgan fingerprint density at radius 1 is 1.12 bits per heavy atom. The molecule has 33 heavy (non-hydrogen) atoms. The molecular weight excluding hydrogens is 432 g/mol. The maximum absolute atomic E-state index is 13.3. The first-order chi connectivity index (χ1) is 15.8. The summed E-state index contributed by atoms with van der Waals surface area (Å²) in [5.74, 6) is 0.447. The second-order valence-electron chi connectivity index (χ2n) is 8.64. The third-order valence-corrected chi connectivity index (χ3v) is 7.34. The molecule has 2 aromatic rings. The van der Waals surface area contributed by atoms with Gasteiger partial charge in [-0.25, -0.2) is 4.99 Å². The van der Waals surface area contributed by atoms with Gasteiger partial charge in [-0.05, 0) is 56.9 Å². The number of aliphatic imine (C=N–C) groups is 2. The largest absolute Gasteiger partial charge is 0.325 e. The number of benzene rings is 2. The predicted molar refractivity (Wildman–Crippen MR) is 137 cm³/mol. The van der Waals surface area contributed by atoms with E-state index < -0.39 is 0 Å². The molecule has 7 heteroatoms. The van der Waals surface area contributed by atoms with E-state index >= 15 is 0 Å². The minimum Gasteiger partial charge on any atom is -0.325 e. The van der Waals surface area contributed by atoms with Crippen LogP contribution in [0.2, 0.25) is 0 Å². The van der Waals surface area contributed by atoms with E-state index in [9.17, 15) is 9.59 Å². The van der Waals surface area contributed by atoms with Crippen LogP contribution in [-0.4, -0.2) is 39.0 Å². The fourth-order valence-corrected chi connectivity index (χ4v) is 5.53. The van der Waals surface area contributed by atoms with Gasteiger partial charge < -0.3 is 5.32 Å². The molecule has 172 valence electrons. The number of nitrogens with zero attached hydrogens (tertiary/aromatic N) is 3. The Labute approximate surface area is 199 Å². The van der Waals surface area contributed by atoms with Crippen molar-refractivity contribution in [1.29, 1.82) is 0 Å². The number of carbonyl (C=O) groups excluding carboxylic acids is 2. The van der Waals surface area contributed by atoms with E-state index in [0.717, 1.165) is 34.5 Å². The molecule has 0 radical (unpaired) electrons. The Kier molecular flexibility index (Phi) is 6.70. The summed E-state index contributed by atoms with van der Waals surface area (Å²) in [5, 5.41) is 3.45. The van der Waals surface area contributed by atoms with Gasteiger partial charge in [0.2, 0.25) is 5.91 Å². The van der Waals surface area contributed by atoms with Gasteiger partial charge in [-0.15, -0.1) is 0 Å². The molecule has 0 aromatic heterocycles. The highest BCUT2D eigenvalue weighted by Crippen LogP contribution is 2.37. The van der Waals surface area contributed by atoms with Crippen molar-refractivity contribution in [2.75, 3.05) is 5.32 Å². The Balaban J connectivity index is 1.64.